The fraction of sp³-hybridized carbons (Fsp3) is 0.263. The van der Waals surface area contributed by atoms with E-state index in [1.165, 1.54) is 6.08 Å². The van der Waals surface area contributed by atoms with Crippen LogP contribution in [0.2, 0.25) is 0 Å². The summed E-state index contributed by atoms with van der Waals surface area (Å²) in [5.41, 5.74) is 7.34. The lowest BCUT2D eigenvalue weighted by Crippen LogP contribution is -2.46. The van der Waals surface area contributed by atoms with Gasteiger partial charge in [0, 0.05) is 56.8 Å². The number of carboxylic acids is 1. The summed E-state index contributed by atoms with van der Waals surface area (Å²) < 4.78 is 0. The molecule has 1 amide bonds. The lowest BCUT2D eigenvalue weighted by atomic mass is 10.0. The van der Waals surface area contributed by atoms with Gasteiger partial charge in [-0.25, -0.2) is 14.8 Å². The average Bonchev–Trinajstić information content (AvgIpc) is 2.67. The molecule has 1 saturated heterocycles. The van der Waals surface area contributed by atoms with Gasteiger partial charge in [0.25, 0.3) is 0 Å². The summed E-state index contributed by atoms with van der Waals surface area (Å²) in [5.74, 6) is -0.845. The molecule has 140 valence electrons. The van der Waals surface area contributed by atoms with Crippen LogP contribution in [0.3, 0.4) is 0 Å². The molecule has 1 fully saturated rings. The van der Waals surface area contributed by atoms with Crippen LogP contribution in [-0.2, 0) is 11.3 Å². The van der Waals surface area contributed by atoms with Crippen molar-refractivity contribution in [3.63, 3.8) is 0 Å². The Labute approximate surface area is 156 Å². The number of carbonyl (C=O) groups excluding carboxylic acids is 1. The molecule has 1 aliphatic rings. The van der Waals surface area contributed by atoms with Gasteiger partial charge in [0.15, 0.2) is 0 Å². The molecule has 0 atom stereocenters. The molecule has 2 aromatic rings. The van der Waals surface area contributed by atoms with Crippen molar-refractivity contribution in [2.45, 2.75) is 6.54 Å². The second kappa shape index (κ2) is 8.41. The molecule has 2 heterocycles. The molecule has 3 N–H and O–H groups in total. The summed E-state index contributed by atoms with van der Waals surface area (Å²) in [6.07, 6.45) is 5.97. The molecule has 0 spiro atoms. The monoisotopic (exact) mass is 367 g/mol. The quantitative estimate of drug-likeness (QED) is 0.732. The van der Waals surface area contributed by atoms with E-state index in [0.717, 1.165) is 43.8 Å². The Hall–Kier alpha value is -3.26. The number of benzene rings is 1. The van der Waals surface area contributed by atoms with Crippen LogP contribution in [-0.4, -0.2) is 58.0 Å². The van der Waals surface area contributed by atoms with E-state index in [9.17, 15) is 9.59 Å². The largest absolute Gasteiger partial charge is 0.478 e. The number of primary amides is 1. The number of amides is 1. The Morgan fingerprint density at radius 3 is 2.44 bits per heavy atom. The van der Waals surface area contributed by atoms with E-state index >= 15 is 0 Å². The molecular formula is C19H21N5O3. The molecule has 1 aliphatic heterocycles. The number of hydrogen-bond donors (Lipinski definition) is 2. The highest BCUT2D eigenvalue weighted by Gasteiger charge is 2.19. The maximum atomic E-state index is 11.6. The van der Waals surface area contributed by atoms with Crippen LogP contribution in [0.25, 0.3) is 6.08 Å². The molecule has 1 aromatic carbocycles. The second-order valence-corrected chi connectivity index (χ2v) is 6.31. The maximum absolute atomic E-state index is 11.6. The predicted molar refractivity (Wildman–Crippen MR) is 101 cm³/mol. The number of nitrogens with two attached hydrogens (primary N) is 1. The number of aliphatic carboxylic acids is 1. The van der Waals surface area contributed by atoms with Crippen molar-refractivity contribution in [1.29, 1.82) is 0 Å². The fourth-order valence-corrected chi connectivity index (χ4v) is 3.03. The van der Waals surface area contributed by atoms with Gasteiger partial charge in [0.1, 0.15) is 0 Å². The van der Waals surface area contributed by atoms with Crippen LogP contribution in [0.1, 0.15) is 21.5 Å². The fourth-order valence-electron chi connectivity index (χ4n) is 3.03. The number of carboxylic acid groups (broad SMARTS) is 1. The molecule has 0 aliphatic carbocycles. The number of nitrogens with zero attached hydrogens (tertiary/aromatic N) is 4. The molecule has 0 radical (unpaired) electrons. The van der Waals surface area contributed by atoms with E-state index in [0.29, 0.717) is 17.7 Å². The van der Waals surface area contributed by atoms with Crippen molar-refractivity contribution in [2.24, 2.45) is 5.73 Å². The molecule has 0 unspecified atom stereocenters. The Balaban J connectivity index is 1.68. The highest BCUT2D eigenvalue weighted by atomic mass is 16.4. The minimum absolute atomic E-state index is 0.369. The zero-order chi connectivity index (χ0) is 19.2. The van der Waals surface area contributed by atoms with Gasteiger partial charge in [0.05, 0.1) is 0 Å². The van der Waals surface area contributed by atoms with Gasteiger partial charge >= 0.3 is 5.97 Å². The summed E-state index contributed by atoms with van der Waals surface area (Å²) >= 11 is 0. The lowest BCUT2D eigenvalue weighted by molar-refractivity contribution is -0.131. The van der Waals surface area contributed by atoms with Gasteiger partial charge in [-0.15, -0.1) is 0 Å². The zero-order valence-electron chi connectivity index (χ0n) is 14.8. The number of hydrogen-bond acceptors (Lipinski definition) is 6. The molecule has 0 bridgehead atoms. The van der Waals surface area contributed by atoms with E-state index in [1.807, 2.05) is 6.07 Å². The highest BCUT2D eigenvalue weighted by Crippen LogP contribution is 2.16. The number of anilines is 1. The van der Waals surface area contributed by atoms with E-state index in [2.05, 4.69) is 19.8 Å². The molecule has 8 heteroatoms. The van der Waals surface area contributed by atoms with E-state index < -0.39 is 11.9 Å². The minimum atomic E-state index is -1.04. The highest BCUT2D eigenvalue weighted by molar-refractivity contribution is 5.94. The summed E-state index contributed by atoms with van der Waals surface area (Å²) in [6.45, 7) is 3.94. The van der Waals surface area contributed by atoms with Gasteiger partial charge in [-0.2, -0.15) is 0 Å². The van der Waals surface area contributed by atoms with Crippen molar-refractivity contribution in [3.05, 3.63) is 59.4 Å². The first-order valence-electron chi connectivity index (χ1n) is 8.60. The van der Waals surface area contributed by atoms with Gasteiger partial charge < -0.3 is 15.7 Å². The van der Waals surface area contributed by atoms with Crippen LogP contribution in [0.15, 0.2) is 42.7 Å². The number of rotatable bonds is 6. The summed E-state index contributed by atoms with van der Waals surface area (Å²) in [6, 6.07) is 7.02. The van der Waals surface area contributed by atoms with E-state index in [4.69, 9.17) is 10.8 Å². The number of aromatic nitrogens is 2. The SMILES string of the molecule is NC(=O)c1cc(/C=C/C(=O)O)cc(CN2CCN(c3ncccn3)CC2)c1. The van der Waals surface area contributed by atoms with Gasteiger partial charge in [-0.05, 0) is 35.4 Å². The van der Waals surface area contributed by atoms with Crippen LogP contribution in [0, 0.1) is 0 Å². The zero-order valence-corrected chi connectivity index (χ0v) is 14.8. The van der Waals surface area contributed by atoms with Crippen LogP contribution in [0.5, 0.6) is 0 Å². The summed E-state index contributed by atoms with van der Waals surface area (Å²) in [7, 11) is 0. The van der Waals surface area contributed by atoms with Crippen molar-refractivity contribution < 1.29 is 14.7 Å². The smallest absolute Gasteiger partial charge is 0.328 e. The first-order valence-corrected chi connectivity index (χ1v) is 8.60. The third kappa shape index (κ3) is 5.11. The van der Waals surface area contributed by atoms with E-state index in [-0.39, 0.29) is 0 Å². The van der Waals surface area contributed by atoms with Crippen molar-refractivity contribution >= 4 is 23.9 Å². The van der Waals surface area contributed by atoms with Gasteiger partial charge in [-0.1, -0.05) is 6.07 Å². The molecule has 27 heavy (non-hydrogen) atoms. The predicted octanol–water partition coefficient (Wildman–Crippen LogP) is 0.995. The summed E-state index contributed by atoms with van der Waals surface area (Å²) in [4.78, 5) is 35.3. The van der Waals surface area contributed by atoms with Gasteiger partial charge in [0.2, 0.25) is 11.9 Å². The second-order valence-electron chi connectivity index (χ2n) is 6.31. The minimum Gasteiger partial charge on any atom is -0.478 e. The van der Waals surface area contributed by atoms with Crippen molar-refractivity contribution in [2.75, 3.05) is 31.1 Å². The topological polar surface area (TPSA) is 113 Å². The van der Waals surface area contributed by atoms with Crippen LogP contribution in [0.4, 0.5) is 5.95 Å². The van der Waals surface area contributed by atoms with Crippen molar-refractivity contribution in [3.8, 4) is 0 Å². The van der Waals surface area contributed by atoms with Crippen molar-refractivity contribution in [1.82, 2.24) is 14.9 Å². The normalized spacial score (nSPS) is 15.2. The summed E-state index contributed by atoms with van der Waals surface area (Å²) in [5, 5.41) is 8.80. The Morgan fingerprint density at radius 2 is 1.81 bits per heavy atom. The molecule has 8 nitrogen and oxygen atoms in total. The molecule has 0 saturated carbocycles. The van der Waals surface area contributed by atoms with Crippen LogP contribution >= 0.6 is 0 Å². The molecular weight excluding hydrogens is 346 g/mol. The molecule has 3 rings (SSSR count). The molecule has 1 aromatic heterocycles. The lowest BCUT2D eigenvalue weighted by Gasteiger charge is -2.34. The first kappa shape index (κ1) is 18.5. The van der Waals surface area contributed by atoms with Gasteiger partial charge in [-0.3, -0.25) is 9.69 Å². The maximum Gasteiger partial charge on any atom is 0.328 e. The standard InChI is InChI=1S/C19H21N5O3/c20-18(27)16-11-14(2-3-17(25)26)10-15(12-16)13-23-6-8-24(9-7-23)19-21-4-1-5-22-19/h1-5,10-12H,6-9,13H2,(H2,20,27)(H,25,26)/b3-2+. The third-order valence-electron chi connectivity index (χ3n) is 4.33. The Kier molecular flexibility index (Phi) is 5.77. The number of piperazine rings is 1. The Morgan fingerprint density at radius 1 is 1.11 bits per heavy atom. The third-order valence-corrected chi connectivity index (χ3v) is 4.33. The van der Waals surface area contributed by atoms with E-state index in [1.54, 1.807) is 30.6 Å². The Bertz CT molecular complexity index is 846. The number of carbonyl (C=O) groups is 2. The first-order chi connectivity index (χ1) is 13.0. The van der Waals surface area contributed by atoms with Crippen LogP contribution < -0.4 is 10.6 Å². The average molecular weight is 367 g/mol.